The van der Waals surface area contributed by atoms with E-state index in [0.717, 1.165) is 0 Å². The summed E-state index contributed by atoms with van der Waals surface area (Å²) in [6, 6.07) is 0. The monoisotopic (exact) mass is 224 g/mol. The van der Waals surface area contributed by atoms with Gasteiger partial charge in [-0.25, -0.2) is 0 Å². The van der Waals surface area contributed by atoms with E-state index in [1.807, 2.05) is 0 Å². The van der Waals surface area contributed by atoms with Gasteiger partial charge in [-0.3, -0.25) is 0 Å². The third kappa shape index (κ3) is 2.90. The van der Waals surface area contributed by atoms with Gasteiger partial charge in [0.25, 0.3) is 0 Å². The van der Waals surface area contributed by atoms with Gasteiger partial charge in [-0.2, -0.15) is 0 Å². The van der Waals surface area contributed by atoms with Crippen molar-refractivity contribution in [2.75, 3.05) is 0 Å². The third-order valence-electron chi connectivity index (χ3n) is 5.38. The van der Waals surface area contributed by atoms with Gasteiger partial charge < -0.3 is 0 Å². The highest BCUT2D eigenvalue weighted by Crippen LogP contribution is 2.43. The van der Waals surface area contributed by atoms with Crippen molar-refractivity contribution in [2.45, 2.75) is 69.2 Å². The van der Waals surface area contributed by atoms with Gasteiger partial charge in [0, 0.05) is 0 Å². The first-order valence-electron chi connectivity index (χ1n) is 6.64. The van der Waals surface area contributed by atoms with Gasteiger partial charge in [0.15, 0.2) is 0 Å². The van der Waals surface area contributed by atoms with E-state index in [4.69, 9.17) is 0 Å². The molecule has 0 fully saturated rings. The quantitative estimate of drug-likeness (QED) is 0.538. The molecule has 0 aromatic rings. The van der Waals surface area contributed by atoms with E-state index in [1.54, 1.807) is 11.1 Å². The maximum atomic E-state index is 2.37. The maximum absolute atomic E-state index is 2.37. The second-order valence-corrected chi connectivity index (χ2v) is 7.00. The Labute approximate surface area is 104 Å². The summed E-state index contributed by atoms with van der Waals surface area (Å²) >= 11 is 0. The van der Waals surface area contributed by atoms with Crippen LogP contribution in [0.2, 0.25) is 0 Å². The zero-order chi connectivity index (χ0) is 13.3. The van der Waals surface area contributed by atoms with Crippen LogP contribution in [0.4, 0.5) is 0 Å². The number of hydrogen-bond acceptors (Lipinski definition) is 0. The van der Waals surface area contributed by atoms with Crippen molar-refractivity contribution in [3.8, 4) is 0 Å². The Kier molecular flexibility index (Phi) is 4.86. The summed E-state index contributed by atoms with van der Waals surface area (Å²) in [4.78, 5) is 0. The SMILES string of the molecule is C/C(=C(/C)C(C)(C)C(C)C)C(C)(C)C(C)C. The van der Waals surface area contributed by atoms with Crippen LogP contribution in [-0.2, 0) is 0 Å². The molecule has 0 aromatic carbocycles. The van der Waals surface area contributed by atoms with Gasteiger partial charge in [-0.1, -0.05) is 66.5 Å². The van der Waals surface area contributed by atoms with E-state index in [-0.39, 0.29) is 0 Å². The Hall–Kier alpha value is -0.260. The van der Waals surface area contributed by atoms with Crippen molar-refractivity contribution in [1.29, 1.82) is 0 Å². The van der Waals surface area contributed by atoms with Gasteiger partial charge in [0.05, 0.1) is 0 Å². The van der Waals surface area contributed by atoms with Crippen molar-refractivity contribution in [2.24, 2.45) is 22.7 Å². The summed E-state index contributed by atoms with van der Waals surface area (Å²) in [7, 11) is 0. The fourth-order valence-corrected chi connectivity index (χ4v) is 1.83. The summed E-state index contributed by atoms with van der Waals surface area (Å²) in [5.74, 6) is 1.37. The molecule has 96 valence electrons. The molecule has 0 aromatic heterocycles. The van der Waals surface area contributed by atoms with E-state index in [2.05, 4.69) is 69.2 Å². The topological polar surface area (TPSA) is 0 Å². The van der Waals surface area contributed by atoms with Crippen LogP contribution in [0.1, 0.15) is 69.2 Å². The van der Waals surface area contributed by atoms with Crippen LogP contribution < -0.4 is 0 Å². The smallest absolute Gasteiger partial charge is 0.0122 e. The predicted octanol–water partition coefficient (Wildman–Crippen LogP) is 5.69. The van der Waals surface area contributed by atoms with Crippen molar-refractivity contribution < 1.29 is 0 Å². The Balaban J connectivity index is 5.43. The lowest BCUT2D eigenvalue weighted by Gasteiger charge is -2.39. The summed E-state index contributed by atoms with van der Waals surface area (Å²) in [5, 5.41) is 0. The second-order valence-electron chi connectivity index (χ2n) is 7.00. The molecule has 0 heterocycles. The molecular formula is C16H32. The van der Waals surface area contributed by atoms with Gasteiger partial charge in [-0.05, 0) is 36.5 Å². The maximum Gasteiger partial charge on any atom is -0.0122 e. The van der Waals surface area contributed by atoms with E-state index < -0.39 is 0 Å². The predicted molar refractivity (Wildman–Crippen MR) is 75.6 cm³/mol. The van der Waals surface area contributed by atoms with Crippen LogP contribution in [0.3, 0.4) is 0 Å². The number of rotatable bonds is 4. The van der Waals surface area contributed by atoms with Gasteiger partial charge in [-0.15, -0.1) is 0 Å². The van der Waals surface area contributed by atoms with Gasteiger partial charge >= 0.3 is 0 Å². The summed E-state index contributed by atoms with van der Waals surface area (Å²) in [6.07, 6.45) is 0. The number of hydrogen-bond donors (Lipinski definition) is 0. The minimum atomic E-state index is 0.302. The average molecular weight is 224 g/mol. The highest BCUT2D eigenvalue weighted by molar-refractivity contribution is 5.23. The third-order valence-corrected chi connectivity index (χ3v) is 5.38. The lowest BCUT2D eigenvalue weighted by atomic mass is 9.67. The molecular weight excluding hydrogens is 192 g/mol. The molecule has 0 saturated heterocycles. The fraction of sp³-hybridized carbons (Fsp3) is 0.875. The largest absolute Gasteiger partial charge is 0.0679 e. The summed E-state index contributed by atoms with van der Waals surface area (Å²) < 4.78 is 0. The van der Waals surface area contributed by atoms with Crippen LogP contribution in [0.5, 0.6) is 0 Å². The molecule has 0 amide bonds. The molecule has 0 radical (unpaired) electrons. The van der Waals surface area contributed by atoms with E-state index in [9.17, 15) is 0 Å². The molecule has 0 unspecified atom stereocenters. The molecule has 0 N–H and O–H groups in total. The van der Waals surface area contributed by atoms with Crippen molar-refractivity contribution >= 4 is 0 Å². The minimum Gasteiger partial charge on any atom is -0.0679 e. The first kappa shape index (κ1) is 15.7. The minimum absolute atomic E-state index is 0.302. The first-order valence-corrected chi connectivity index (χ1v) is 6.64. The van der Waals surface area contributed by atoms with Crippen LogP contribution in [0.25, 0.3) is 0 Å². The Morgan fingerprint density at radius 3 is 0.938 bits per heavy atom. The van der Waals surface area contributed by atoms with E-state index in [0.29, 0.717) is 22.7 Å². The normalized spacial score (nSPS) is 15.8. The van der Waals surface area contributed by atoms with Crippen molar-refractivity contribution in [3.05, 3.63) is 11.1 Å². The van der Waals surface area contributed by atoms with Crippen LogP contribution in [-0.4, -0.2) is 0 Å². The van der Waals surface area contributed by atoms with Crippen LogP contribution in [0.15, 0.2) is 11.1 Å². The first-order chi connectivity index (χ1) is 6.95. The summed E-state index contributed by atoms with van der Waals surface area (Å²) in [5.41, 5.74) is 3.74. The Bertz CT molecular complexity index is 234. The van der Waals surface area contributed by atoms with Crippen LogP contribution >= 0.6 is 0 Å². The standard InChI is InChI=1S/C16H32/c1-11(2)15(7,8)13(5)14(6)16(9,10)12(3)4/h11-12H,1-10H3/b14-13+. The molecule has 0 saturated carbocycles. The lowest BCUT2D eigenvalue weighted by Crippen LogP contribution is -2.28. The van der Waals surface area contributed by atoms with Crippen LogP contribution in [0, 0.1) is 22.7 Å². The fourth-order valence-electron chi connectivity index (χ4n) is 1.83. The molecule has 0 nitrogen and oxygen atoms in total. The van der Waals surface area contributed by atoms with Gasteiger partial charge in [0.1, 0.15) is 0 Å². The lowest BCUT2D eigenvalue weighted by molar-refractivity contribution is 0.271. The molecule has 16 heavy (non-hydrogen) atoms. The molecule has 0 aliphatic heterocycles. The molecule has 0 aliphatic carbocycles. The van der Waals surface area contributed by atoms with E-state index >= 15 is 0 Å². The average Bonchev–Trinajstić information content (AvgIpc) is 2.14. The highest BCUT2D eigenvalue weighted by Gasteiger charge is 2.32. The molecule has 0 rings (SSSR count). The summed E-state index contributed by atoms with van der Waals surface area (Å²) in [6.45, 7) is 23.4. The van der Waals surface area contributed by atoms with Crippen molar-refractivity contribution in [1.82, 2.24) is 0 Å². The Morgan fingerprint density at radius 1 is 0.625 bits per heavy atom. The highest BCUT2D eigenvalue weighted by atomic mass is 14.4. The Morgan fingerprint density at radius 2 is 0.812 bits per heavy atom. The molecule has 0 spiro atoms. The van der Waals surface area contributed by atoms with Gasteiger partial charge in [0.2, 0.25) is 0 Å². The number of allylic oxidation sites excluding steroid dienone is 2. The zero-order valence-electron chi connectivity index (χ0n) is 13.2. The van der Waals surface area contributed by atoms with Crippen molar-refractivity contribution in [3.63, 3.8) is 0 Å². The molecule has 0 bridgehead atoms. The zero-order valence-corrected chi connectivity index (χ0v) is 13.2. The molecule has 0 aliphatic rings. The molecule has 0 heteroatoms. The second kappa shape index (κ2) is 4.94. The van der Waals surface area contributed by atoms with E-state index in [1.165, 1.54) is 0 Å². The molecule has 0 atom stereocenters.